The van der Waals surface area contributed by atoms with E-state index < -0.39 is 0 Å². The first-order valence-corrected chi connectivity index (χ1v) is 16.7. The molecule has 2 aromatic carbocycles. The van der Waals surface area contributed by atoms with Crippen LogP contribution in [0.4, 0.5) is 11.4 Å². The van der Waals surface area contributed by atoms with Crippen LogP contribution in [-0.4, -0.2) is 76.5 Å². The van der Waals surface area contributed by atoms with E-state index in [4.69, 9.17) is 23.7 Å². The number of anilines is 2. The summed E-state index contributed by atoms with van der Waals surface area (Å²) >= 11 is 0. The molecule has 276 valence electrons. The van der Waals surface area contributed by atoms with Crippen molar-refractivity contribution in [2.45, 2.75) is 27.7 Å². The Kier molecular flexibility index (Phi) is 16.6. The van der Waals surface area contributed by atoms with Crippen LogP contribution in [0.3, 0.4) is 0 Å². The molecule has 13 heteroatoms. The molecule has 0 atom stereocenters. The van der Waals surface area contributed by atoms with Gasteiger partial charge in [0.25, 0.3) is 0 Å². The number of hydrogen-bond acceptors (Lipinski definition) is 13. The van der Waals surface area contributed by atoms with Gasteiger partial charge >= 0.3 is 23.9 Å². The van der Waals surface area contributed by atoms with Gasteiger partial charge in [0.15, 0.2) is 0 Å². The molecule has 0 aliphatic carbocycles. The third kappa shape index (κ3) is 15.0. The maximum Gasteiger partial charge on any atom is 0.302 e. The van der Waals surface area contributed by atoms with E-state index in [2.05, 4.69) is 0 Å². The van der Waals surface area contributed by atoms with Crippen molar-refractivity contribution in [1.82, 2.24) is 0 Å². The predicted octanol–water partition coefficient (Wildman–Crippen LogP) is 5.42. The van der Waals surface area contributed by atoms with Gasteiger partial charge in [0, 0.05) is 44.6 Å². The Hall–Kier alpha value is -6.60. The highest BCUT2D eigenvalue weighted by Gasteiger charge is 2.13. The predicted molar refractivity (Wildman–Crippen MR) is 197 cm³/mol. The summed E-state index contributed by atoms with van der Waals surface area (Å²) in [5.41, 5.74) is 3.69. The Morgan fingerprint density at radius 3 is 1.17 bits per heavy atom. The van der Waals surface area contributed by atoms with Gasteiger partial charge < -0.3 is 33.5 Å². The van der Waals surface area contributed by atoms with Crippen LogP contribution < -0.4 is 9.80 Å². The Morgan fingerprint density at radius 1 is 0.566 bits per heavy atom. The maximum absolute atomic E-state index is 11.2. The van der Waals surface area contributed by atoms with Gasteiger partial charge in [-0.3, -0.25) is 19.2 Å². The van der Waals surface area contributed by atoms with E-state index in [1.54, 1.807) is 24.3 Å². The van der Waals surface area contributed by atoms with Gasteiger partial charge in [0.2, 0.25) is 0 Å². The second kappa shape index (κ2) is 21.6. The zero-order chi connectivity index (χ0) is 38.6. The fraction of sp³-hybridized carbons (Fsp3) is 0.300. The molecule has 0 radical (unpaired) electrons. The van der Waals surface area contributed by atoms with Crippen molar-refractivity contribution in [3.63, 3.8) is 0 Å². The van der Waals surface area contributed by atoms with Crippen molar-refractivity contribution in [3.8, 4) is 12.1 Å². The van der Waals surface area contributed by atoms with Crippen LogP contribution in [0.25, 0.3) is 12.2 Å². The molecule has 0 amide bonds. The average Bonchev–Trinajstić information content (AvgIpc) is 3.12. The zero-order valence-electron chi connectivity index (χ0n) is 30.2. The molecule has 0 saturated heterocycles. The molecule has 53 heavy (non-hydrogen) atoms. The van der Waals surface area contributed by atoms with Crippen molar-refractivity contribution >= 4 is 47.4 Å². The third-order valence-electron chi connectivity index (χ3n) is 7.41. The second-order valence-electron chi connectivity index (χ2n) is 11.4. The molecule has 0 unspecified atom stereocenters. The quantitative estimate of drug-likeness (QED) is 0.109. The summed E-state index contributed by atoms with van der Waals surface area (Å²) in [6.45, 7) is 7.72. The molecular formula is C40H42N4O9. The smallest absolute Gasteiger partial charge is 0.302 e. The highest BCUT2D eigenvalue weighted by atomic mass is 16.5. The van der Waals surface area contributed by atoms with Crippen molar-refractivity contribution in [2.24, 2.45) is 0 Å². The van der Waals surface area contributed by atoms with Crippen molar-refractivity contribution < 1.29 is 42.9 Å². The largest absolute Gasteiger partial charge is 0.464 e. The van der Waals surface area contributed by atoms with Crippen LogP contribution in [0.2, 0.25) is 0 Å². The molecule has 1 heterocycles. The zero-order valence-corrected chi connectivity index (χ0v) is 30.2. The molecule has 0 spiro atoms. The summed E-state index contributed by atoms with van der Waals surface area (Å²) in [5, 5.41) is 19.1. The summed E-state index contributed by atoms with van der Waals surface area (Å²) < 4.78 is 26.5. The highest BCUT2D eigenvalue weighted by molar-refractivity contribution is 5.67. The minimum atomic E-state index is -0.380. The molecule has 1 aliphatic rings. The summed E-state index contributed by atoms with van der Waals surface area (Å²) in [5.74, 6) is -0.706. The lowest BCUT2D eigenvalue weighted by Gasteiger charge is -2.24. The molecule has 0 bridgehead atoms. The van der Waals surface area contributed by atoms with E-state index in [9.17, 15) is 29.7 Å². The fourth-order valence-electron chi connectivity index (χ4n) is 4.89. The Bertz CT molecular complexity index is 1670. The number of allylic oxidation sites excluding steroid dienone is 6. The fourth-order valence-corrected chi connectivity index (χ4v) is 4.89. The van der Waals surface area contributed by atoms with Crippen LogP contribution in [0, 0.1) is 22.7 Å². The van der Waals surface area contributed by atoms with Crippen LogP contribution in [0.1, 0.15) is 38.8 Å². The summed E-state index contributed by atoms with van der Waals surface area (Å²) in [6, 6.07) is 19.0. The molecule has 0 N–H and O–H groups in total. The first-order valence-electron chi connectivity index (χ1n) is 16.7. The molecular weight excluding hydrogens is 680 g/mol. The van der Waals surface area contributed by atoms with Crippen LogP contribution in [-0.2, 0) is 42.9 Å². The first-order chi connectivity index (χ1) is 25.5. The monoisotopic (exact) mass is 722 g/mol. The molecule has 0 fully saturated rings. The minimum absolute atomic E-state index is 0.0657. The van der Waals surface area contributed by atoms with E-state index in [0.717, 1.165) is 22.5 Å². The minimum Gasteiger partial charge on any atom is -0.464 e. The van der Waals surface area contributed by atoms with Crippen LogP contribution >= 0.6 is 0 Å². The van der Waals surface area contributed by atoms with Gasteiger partial charge in [0.1, 0.15) is 55.7 Å². The Morgan fingerprint density at radius 2 is 0.887 bits per heavy atom. The van der Waals surface area contributed by atoms with Gasteiger partial charge in [-0.25, -0.2) is 0 Å². The van der Waals surface area contributed by atoms with Gasteiger partial charge in [-0.2, -0.15) is 10.5 Å². The van der Waals surface area contributed by atoms with Gasteiger partial charge in [-0.05, 0) is 59.7 Å². The molecule has 3 rings (SSSR count). The number of benzene rings is 2. The number of rotatable bonds is 18. The molecule has 0 aromatic heterocycles. The number of esters is 4. The number of nitriles is 2. The van der Waals surface area contributed by atoms with E-state index in [1.165, 1.54) is 27.7 Å². The van der Waals surface area contributed by atoms with Crippen molar-refractivity contribution in [2.75, 3.05) is 62.4 Å². The van der Waals surface area contributed by atoms with Crippen LogP contribution in [0.15, 0.2) is 95.5 Å². The summed E-state index contributed by atoms with van der Waals surface area (Å²) in [4.78, 5) is 48.9. The lowest BCUT2D eigenvalue weighted by molar-refractivity contribution is -0.142. The van der Waals surface area contributed by atoms with Gasteiger partial charge in [0.05, 0.1) is 26.2 Å². The Balaban J connectivity index is 1.75. The normalized spacial score (nSPS) is 12.1. The molecule has 2 aromatic rings. The Labute approximate surface area is 309 Å². The lowest BCUT2D eigenvalue weighted by Crippen LogP contribution is -2.31. The van der Waals surface area contributed by atoms with Gasteiger partial charge in [-0.1, -0.05) is 36.4 Å². The standard InChI is InChI=1S/C40H42N4O9/c1-29(45)49-21-17-43(18-22-50-30(2)46)37-11-5-33(6-12-37)9-15-39-25-35(36(27-41)28-42)26-40(53-39)16-10-34-7-13-38(14-8-34)44(19-23-51-31(3)47)20-24-52-32(4)48/h5-16,25-26H,17-24H2,1-4H3/b15-9+,16-10+. The number of nitrogens with zero attached hydrogens (tertiary/aromatic N) is 4. The molecule has 13 nitrogen and oxygen atoms in total. The number of hydrogen-bond donors (Lipinski definition) is 0. The first kappa shape index (κ1) is 40.8. The van der Waals surface area contributed by atoms with Crippen LogP contribution in [0.5, 0.6) is 0 Å². The van der Waals surface area contributed by atoms with E-state index >= 15 is 0 Å². The topological polar surface area (TPSA) is 168 Å². The van der Waals surface area contributed by atoms with E-state index in [1.807, 2.05) is 82.6 Å². The number of ether oxygens (including phenoxy) is 5. The number of carbonyl (C=O) groups excluding carboxylic acids is 4. The van der Waals surface area contributed by atoms with E-state index in [0.29, 0.717) is 43.3 Å². The SMILES string of the molecule is CC(=O)OCCN(CCOC(C)=O)c1ccc(/C=C/C2=CC(=C(C#N)C#N)C=C(/C=C/c3ccc(N(CCOC(C)=O)CCOC(C)=O)cc3)O2)cc1. The van der Waals surface area contributed by atoms with Crippen molar-refractivity contribution in [3.05, 3.63) is 107 Å². The summed E-state index contributed by atoms with van der Waals surface area (Å²) in [6.07, 6.45) is 10.4. The van der Waals surface area contributed by atoms with Crippen molar-refractivity contribution in [1.29, 1.82) is 10.5 Å². The maximum atomic E-state index is 11.2. The average molecular weight is 723 g/mol. The lowest BCUT2D eigenvalue weighted by atomic mass is 10.1. The van der Waals surface area contributed by atoms with Gasteiger partial charge in [-0.15, -0.1) is 0 Å². The third-order valence-corrected chi connectivity index (χ3v) is 7.41. The molecule has 0 saturated carbocycles. The van der Waals surface area contributed by atoms with E-state index in [-0.39, 0.29) is 55.9 Å². The second-order valence-corrected chi connectivity index (χ2v) is 11.4. The summed E-state index contributed by atoms with van der Waals surface area (Å²) in [7, 11) is 0. The number of carbonyl (C=O) groups is 4. The highest BCUT2D eigenvalue weighted by Crippen LogP contribution is 2.25. The molecule has 1 aliphatic heterocycles.